The Bertz CT molecular complexity index is 1060. The highest BCUT2D eigenvalue weighted by atomic mass is 19.1. The van der Waals surface area contributed by atoms with E-state index in [0.29, 0.717) is 31.6 Å². The lowest BCUT2D eigenvalue weighted by Crippen LogP contribution is -2.43. The van der Waals surface area contributed by atoms with Crippen LogP contribution in [0.4, 0.5) is 8.78 Å². The van der Waals surface area contributed by atoms with E-state index < -0.39 is 0 Å². The molecule has 0 N–H and O–H groups in total. The van der Waals surface area contributed by atoms with Crippen LogP contribution in [0.3, 0.4) is 0 Å². The summed E-state index contributed by atoms with van der Waals surface area (Å²) in [6.07, 6.45) is 0.418. The second-order valence-electron chi connectivity index (χ2n) is 7.95. The van der Waals surface area contributed by atoms with Crippen LogP contribution in [-0.4, -0.2) is 23.8 Å². The Balaban J connectivity index is 1.64. The predicted octanol–water partition coefficient (Wildman–Crippen LogP) is 5.06. The predicted molar refractivity (Wildman–Crippen MR) is 114 cm³/mol. The number of likely N-dealkylation sites (tertiary alicyclic amines) is 1. The van der Waals surface area contributed by atoms with Crippen LogP contribution in [0, 0.1) is 28.9 Å². The number of benzene rings is 3. The van der Waals surface area contributed by atoms with E-state index in [0.717, 1.165) is 16.7 Å². The number of Topliss-reactive ketones (excluding diaryl/α,β-unsaturated/α-hetero) is 1. The molecular formula is C26H22F2N2O. The van der Waals surface area contributed by atoms with Crippen molar-refractivity contribution in [3.05, 3.63) is 107 Å². The van der Waals surface area contributed by atoms with Crippen molar-refractivity contribution in [3.63, 3.8) is 0 Å². The number of halogens is 2. The topological polar surface area (TPSA) is 44.1 Å². The van der Waals surface area contributed by atoms with Gasteiger partial charge in [0.2, 0.25) is 0 Å². The summed E-state index contributed by atoms with van der Waals surface area (Å²) in [4.78, 5) is 15.2. The summed E-state index contributed by atoms with van der Waals surface area (Å²) >= 11 is 0. The van der Waals surface area contributed by atoms with Gasteiger partial charge in [0.1, 0.15) is 17.4 Å². The molecule has 5 heteroatoms. The fraction of sp³-hybridized carbons (Fsp3) is 0.231. The standard InChI is InChI=1S/C26H22F2N2O/c27-22-8-4-20(5-9-22)26(21-6-10-23(28)11-7-21)24-17-30(13-12-25(24)31)16-19-3-1-2-18(14-19)15-29/h1-11,14,24,26H,12-13,16-17H2. The zero-order chi connectivity index (χ0) is 21.8. The monoisotopic (exact) mass is 416 g/mol. The molecule has 0 radical (unpaired) electrons. The second-order valence-corrected chi connectivity index (χ2v) is 7.95. The first-order valence-corrected chi connectivity index (χ1v) is 10.3. The molecule has 0 saturated carbocycles. The molecule has 1 unspecified atom stereocenters. The highest BCUT2D eigenvalue weighted by molar-refractivity contribution is 5.83. The summed E-state index contributed by atoms with van der Waals surface area (Å²) in [7, 11) is 0. The molecule has 4 rings (SSSR count). The van der Waals surface area contributed by atoms with Crippen LogP contribution in [0.15, 0.2) is 72.8 Å². The van der Waals surface area contributed by atoms with E-state index >= 15 is 0 Å². The Morgan fingerprint density at radius 1 is 0.968 bits per heavy atom. The van der Waals surface area contributed by atoms with Gasteiger partial charge in [-0.2, -0.15) is 5.26 Å². The summed E-state index contributed by atoms with van der Waals surface area (Å²) in [5, 5.41) is 9.15. The minimum absolute atomic E-state index is 0.153. The fourth-order valence-corrected chi connectivity index (χ4v) is 4.35. The van der Waals surface area contributed by atoms with E-state index in [1.165, 1.54) is 24.3 Å². The van der Waals surface area contributed by atoms with E-state index in [9.17, 15) is 13.6 Å². The van der Waals surface area contributed by atoms with Gasteiger partial charge in [-0.15, -0.1) is 0 Å². The summed E-state index contributed by atoms with van der Waals surface area (Å²) in [5.74, 6) is -1.14. The van der Waals surface area contributed by atoms with E-state index in [2.05, 4.69) is 11.0 Å². The van der Waals surface area contributed by atoms with Crippen LogP contribution < -0.4 is 0 Å². The van der Waals surface area contributed by atoms with Crippen molar-refractivity contribution in [2.75, 3.05) is 13.1 Å². The first-order chi connectivity index (χ1) is 15.0. The zero-order valence-electron chi connectivity index (χ0n) is 17.0. The lowest BCUT2D eigenvalue weighted by Gasteiger charge is -2.36. The molecule has 1 atom stereocenters. The number of piperidine rings is 1. The molecule has 1 aliphatic rings. The molecule has 0 aliphatic carbocycles. The number of rotatable bonds is 5. The lowest BCUT2D eigenvalue weighted by molar-refractivity contribution is -0.126. The second kappa shape index (κ2) is 9.20. The van der Waals surface area contributed by atoms with Crippen molar-refractivity contribution in [1.82, 2.24) is 4.90 Å². The molecule has 3 nitrogen and oxygen atoms in total. The minimum Gasteiger partial charge on any atom is -0.299 e. The quantitative estimate of drug-likeness (QED) is 0.584. The average molecular weight is 416 g/mol. The Morgan fingerprint density at radius 2 is 1.58 bits per heavy atom. The van der Waals surface area contributed by atoms with Gasteiger partial charge in [0.15, 0.2) is 0 Å². The minimum atomic E-state index is -0.337. The first kappa shape index (κ1) is 20.9. The number of hydrogen-bond acceptors (Lipinski definition) is 3. The van der Waals surface area contributed by atoms with Crippen molar-refractivity contribution in [1.29, 1.82) is 5.26 Å². The third kappa shape index (κ3) is 4.87. The van der Waals surface area contributed by atoms with Gasteiger partial charge in [-0.25, -0.2) is 8.78 Å². The van der Waals surface area contributed by atoms with Crippen molar-refractivity contribution >= 4 is 5.78 Å². The van der Waals surface area contributed by atoms with Crippen molar-refractivity contribution < 1.29 is 13.6 Å². The third-order valence-corrected chi connectivity index (χ3v) is 5.87. The molecule has 1 saturated heterocycles. The maximum atomic E-state index is 13.5. The van der Waals surface area contributed by atoms with Crippen LogP contribution in [0.2, 0.25) is 0 Å². The molecule has 0 spiro atoms. The van der Waals surface area contributed by atoms with E-state index in [1.807, 2.05) is 18.2 Å². The van der Waals surface area contributed by atoms with E-state index in [4.69, 9.17) is 5.26 Å². The normalized spacial score (nSPS) is 17.0. The largest absolute Gasteiger partial charge is 0.299 e. The molecule has 156 valence electrons. The Morgan fingerprint density at radius 3 is 2.16 bits per heavy atom. The highest BCUT2D eigenvalue weighted by Crippen LogP contribution is 2.36. The maximum Gasteiger partial charge on any atom is 0.139 e. The molecule has 31 heavy (non-hydrogen) atoms. The number of carbonyl (C=O) groups is 1. The van der Waals surface area contributed by atoms with Crippen LogP contribution in [0.5, 0.6) is 0 Å². The number of ketones is 1. The molecule has 3 aromatic rings. The molecule has 0 bridgehead atoms. The van der Waals surface area contributed by atoms with Crippen molar-refractivity contribution in [2.45, 2.75) is 18.9 Å². The number of nitriles is 1. The van der Waals surface area contributed by atoms with Crippen LogP contribution in [-0.2, 0) is 11.3 Å². The number of nitrogens with zero attached hydrogens (tertiary/aromatic N) is 2. The van der Waals surface area contributed by atoms with Gasteiger partial charge >= 0.3 is 0 Å². The zero-order valence-corrected chi connectivity index (χ0v) is 17.0. The Labute approximate surface area is 180 Å². The van der Waals surface area contributed by atoms with E-state index in [1.54, 1.807) is 30.3 Å². The molecule has 1 aliphatic heterocycles. The maximum absolute atomic E-state index is 13.5. The van der Waals surface area contributed by atoms with Gasteiger partial charge in [-0.05, 0) is 53.1 Å². The van der Waals surface area contributed by atoms with Gasteiger partial charge in [0.05, 0.1) is 11.6 Å². The van der Waals surface area contributed by atoms with Crippen LogP contribution >= 0.6 is 0 Å². The number of carbonyl (C=O) groups excluding carboxylic acids is 1. The summed E-state index contributed by atoms with van der Waals surface area (Å²) in [5.41, 5.74) is 3.30. The molecular weight excluding hydrogens is 394 g/mol. The third-order valence-electron chi connectivity index (χ3n) is 5.87. The molecule has 0 amide bonds. The molecule has 1 heterocycles. The smallest absolute Gasteiger partial charge is 0.139 e. The highest BCUT2D eigenvalue weighted by Gasteiger charge is 2.35. The van der Waals surface area contributed by atoms with Gasteiger partial charge in [0, 0.05) is 37.9 Å². The molecule has 3 aromatic carbocycles. The molecule has 1 fully saturated rings. The van der Waals surface area contributed by atoms with Crippen molar-refractivity contribution in [2.24, 2.45) is 5.92 Å². The van der Waals surface area contributed by atoms with Gasteiger partial charge in [-0.1, -0.05) is 36.4 Å². The fourth-order valence-electron chi connectivity index (χ4n) is 4.35. The number of hydrogen-bond donors (Lipinski definition) is 0. The van der Waals surface area contributed by atoms with Gasteiger partial charge in [-0.3, -0.25) is 9.69 Å². The summed E-state index contributed by atoms with van der Waals surface area (Å²) in [6, 6.07) is 22.0. The summed E-state index contributed by atoms with van der Waals surface area (Å²) < 4.78 is 27.1. The first-order valence-electron chi connectivity index (χ1n) is 10.3. The van der Waals surface area contributed by atoms with Crippen LogP contribution in [0.1, 0.15) is 34.6 Å². The van der Waals surface area contributed by atoms with Crippen LogP contribution in [0.25, 0.3) is 0 Å². The molecule has 0 aromatic heterocycles. The van der Waals surface area contributed by atoms with E-state index in [-0.39, 0.29) is 29.3 Å². The average Bonchev–Trinajstić information content (AvgIpc) is 2.78. The summed E-state index contributed by atoms with van der Waals surface area (Å²) in [6.45, 7) is 1.82. The van der Waals surface area contributed by atoms with Gasteiger partial charge in [0.25, 0.3) is 0 Å². The Kier molecular flexibility index (Phi) is 6.20. The lowest BCUT2D eigenvalue weighted by atomic mass is 9.76. The Hall–Kier alpha value is -3.36. The van der Waals surface area contributed by atoms with Gasteiger partial charge < -0.3 is 0 Å². The van der Waals surface area contributed by atoms with Crippen molar-refractivity contribution in [3.8, 4) is 6.07 Å². The SMILES string of the molecule is N#Cc1cccc(CN2CCC(=O)C(C(c3ccc(F)cc3)c3ccc(F)cc3)C2)c1.